The number of aliphatic imine (C=N–C) groups is 2. The summed E-state index contributed by atoms with van der Waals surface area (Å²) in [5.41, 5.74) is 6.35. The first-order valence-electron chi connectivity index (χ1n) is 14.5. The highest BCUT2D eigenvalue weighted by atomic mass is 15.0. The van der Waals surface area contributed by atoms with Crippen molar-refractivity contribution in [3.8, 4) is 12.1 Å². The van der Waals surface area contributed by atoms with Crippen molar-refractivity contribution in [2.45, 2.75) is 26.9 Å². The van der Waals surface area contributed by atoms with E-state index in [1.165, 1.54) is 21.8 Å². The lowest BCUT2D eigenvalue weighted by Crippen LogP contribution is -1.95. The number of aryl methyl sites for hydroxylation is 2. The number of benzene rings is 4. The van der Waals surface area contributed by atoms with Crippen LogP contribution < -0.4 is 0 Å². The van der Waals surface area contributed by atoms with Gasteiger partial charge in [-0.3, -0.25) is 0 Å². The first kappa shape index (κ1) is 26.8. The van der Waals surface area contributed by atoms with E-state index in [4.69, 9.17) is 0 Å². The standard InChI is InChI=1S/C36H26N8/c1-3-43-31-11-7-5-9-25(31)27-17-23(13-15-33(27)43)21-39-35-29(19-37)42-36(30(20-38)41-35)40-22-24-14-16-34-28(18-24)26-10-6-8-12-32(26)44(34)4-2/h5-18,21-22H,3-4H2,1-2H3. The van der Waals surface area contributed by atoms with Crippen molar-refractivity contribution in [1.82, 2.24) is 19.1 Å². The Balaban J connectivity index is 1.23. The zero-order valence-electron chi connectivity index (χ0n) is 24.2. The average Bonchev–Trinajstić information content (AvgIpc) is 3.57. The maximum absolute atomic E-state index is 9.86. The second-order valence-corrected chi connectivity index (χ2v) is 10.4. The van der Waals surface area contributed by atoms with Crippen LogP contribution in [0.4, 0.5) is 11.6 Å². The number of rotatable bonds is 6. The van der Waals surface area contributed by atoms with Crippen LogP contribution in [-0.2, 0) is 13.1 Å². The maximum atomic E-state index is 9.86. The van der Waals surface area contributed by atoms with Crippen LogP contribution in [-0.4, -0.2) is 31.5 Å². The van der Waals surface area contributed by atoms with E-state index in [-0.39, 0.29) is 23.0 Å². The van der Waals surface area contributed by atoms with Crippen LogP contribution in [0.1, 0.15) is 36.4 Å². The molecule has 3 heterocycles. The van der Waals surface area contributed by atoms with Crippen molar-refractivity contribution < 1.29 is 0 Å². The molecule has 8 nitrogen and oxygen atoms in total. The molecule has 210 valence electrons. The molecule has 0 aliphatic heterocycles. The lowest BCUT2D eigenvalue weighted by Gasteiger charge is -2.03. The zero-order valence-corrected chi connectivity index (χ0v) is 24.2. The Kier molecular flexibility index (Phi) is 6.65. The molecule has 0 bridgehead atoms. The molecular weight excluding hydrogens is 544 g/mol. The van der Waals surface area contributed by atoms with Crippen LogP contribution in [0, 0.1) is 22.7 Å². The third-order valence-corrected chi connectivity index (χ3v) is 7.97. The molecule has 0 amide bonds. The number of hydrogen-bond donors (Lipinski definition) is 0. The van der Waals surface area contributed by atoms with Crippen molar-refractivity contribution in [3.63, 3.8) is 0 Å². The predicted octanol–water partition coefficient (Wildman–Crippen LogP) is 7.98. The smallest absolute Gasteiger partial charge is 0.190 e. The number of nitrogens with zero attached hydrogens (tertiary/aromatic N) is 8. The van der Waals surface area contributed by atoms with E-state index < -0.39 is 0 Å². The van der Waals surface area contributed by atoms with E-state index in [0.29, 0.717) is 0 Å². The van der Waals surface area contributed by atoms with Gasteiger partial charge in [-0.05, 0) is 61.4 Å². The summed E-state index contributed by atoms with van der Waals surface area (Å²) in [6.45, 7) is 5.99. The summed E-state index contributed by atoms with van der Waals surface area (Å²) in [5.74, 6) is 0.153. The van der Waals surface area contributed by atoms with Gasteiger partial charge in [-0.1, -0.05) is 48.5 Å². The van der Waals surface area contributed by atoms with Crippen LogP contribution in [0.3, 0.4) is 0 Å². The van der Waals surface area contributed by atoms with Crippen molar-refractivity contribution in [3.05, 3.63) is 107 Å². The number of hydrogen-bond acceptors (Lipinski definition) is 6. The quantitative estimate of drug-likeness (QED) is 0.189. The van der Waals surface area contributed by atoms with Crippen LogP contribution in [0.15, 0.2) is 94.9 Å². The van der Waals surface area contributed by atoms with E-state index in [2.05, 4.69) is 104 Å². The lowest BCUT2D eigenvalue weighted by atomic mass is 10.1. The van der Waals surface area contributed by atoms with E-state index >= 15 is 0 Å². The van der Waals surface area contributed by atoms with Crippen molar-refractivity contribution in [1.29, 1.82) is 10.5 Å². The van der Waals surface area contributed by atoms with Crippen molar-refractivity contribution in [2.24, 2.45) is 9.98 Å². The third-order valence-electron chi connectivity index (χ3n) is 7.97. The van der Waals surface area contributed by atoms with Crippen molar-refractivity contribution >= 4 is 67.7 Å². The van der Waals surface area contributed by atoms with Gasteiger partial charge in [0.25, 0.3) is 0 Å². The van der Waals surface area contributed by atoms with E-state index in [0.717, 1.165) is 46.0 Å². The topological polar surface area (TPSA) is 108 Å². The summed E-state index contributed by atoms with van der Waals surface area (Å²) < 4.78 is 4.57. The number of para-hydroxylation sites is 2. The van der Waals surface area contributed by atoms with Gasteiger partial charge >= 0.3 is 0 Å². The molecule has 4 aromatic carbocycles. The second kappa shape index (κ2) is 10.9. The van der Waals surface area contributed by atoms with Gasteiger partial charge in [0.15, 0.2) is 23.0 Å². The van der Waals surface area contributed by atoms with Crippen molar-refractivity contribution in [2.75, 3.05) is 0 Å². The molecule has 7 rings (SSSR count). The van der Waals surface area contributed by atoms with Gasteiger partial charge in [0, 0.05) is 69.1 Å². The third kappa shape index (κ3) is 4.38. The normalized spacial score (nSPS) is 11.8. The summed E-state index contributed by atoms with van der Waals surface area (Å²) in [6, 6.07) is 33.0. The van der Waals surface area contributed by atoms with Gasteiger partial charge in [0.05, 0.1) is 0 Å². The monoisotopic (exact) mass is 570 g/mol. The fourth-order valence-electron chi connectivity index (χ4n) is 6.00. The van der Waals surface area contributed by atoms with Crippen LogP contribution in [0.5, 0.6) is 0 Å². The Hall–Kier alpha value is -6.12. The zero-order chi connectivity index (χ0) is 30.2. The molecule has 0 N–H and O–H groups in total. The minimum Gasteiger partial charge on any atom is -0.341 e. The highest BCUT2D eigenvalue weighted by molar-refractivity contribution is 6.10. The predicted molar refractivity (Wildman–Crippen MR) is 176 cm³/mol. The first-order chi connectivity index (χ1) is 21.6. The molecule has 0 atom stereocenters. The SMILES string of the molecule is CCn1c2ccccc2c2cc(C=Nc3nc(C#N)c(N=Cc4ccc5c(c4)c4ccccc4n5CC)nc3C#N)ccc21. The first-order valence-corrected chi connectivity index (χ1v) is 14.5. The van der Waals surface area contributed by atoms with E-state index in [1.807, 2.05) is 36.4 Å². The molecule has 0 saturated carbocycles. The summed E-state index contributed by atoms with van der Waals surface area (Å²) in [6.07, 6.45) is 3.29. The second-order valence-electron chi connectivity index (χ2n) is 10.4. The summed E-state index contributed by atoms with van der Waals surface area (Å²) in [5, 5.41) is 24.3. The Morgan fingerprint density at radius 2 is 1.00 bits per heavy atom. The fraction of sp³-hybridized carbons (Fsp3) is 0.111. The molecule has 0 fully saturated rings. The van der Waals surface area contributed by atoms with Gasteiger partial charge in [-0.2, -0.15) is 10.5 Å². The molecule has 7 aromatic rings. The molecule has 0 radical (unpaired) electrons. The molecule has 44 heavy (non-hydrogen) atoms. The molecule has 0 unspecified atom stereocenters. The Bertz CT molecular complexity index is 2220. The highest BCUT2D eigenvalue weighted by Crippen LogP contribution is 2.31. The van der Waals surface area contributed by atoms with Gasteiger partial charge < -0.3 is 9.13 Å². The molecule has 3 aromatic heterocycles. The Morgan fingerprint density at radius 1 is 0.591 bits per heavy atom. The largest absolute Gasteiger partial charge is 0.341 e. The summed E-state index contributed by atoms with van der Waals surface area (Å²) in [4.78, 5) is 17.7. The molecule has 0 saturated heterocycles. The van der Waals surface area contributed by atoms with Crippen LogP contribution in [0.25, 0.3) is 43.6 Å². The number of nitriles is 2. The Labute approximate surface area is 253 Å². The maximum Gasteiger partial charge on any atom is 0.190 e. The molecule has 8 heteroatoms. The van der Waals surface area contributed by atoms with Gasteiger partial charge in [-0.25, -0.2) is 20.0 Å². The molecule has 0 spiro atoms. The number of aromatic nitrogens is 4. The minimum absolute atomic E-state index is 0.00229. The molecule has 0 aliphatic carbocycles. The summed E-state index contributed by atoms with van der Waals surface area (Å²) >= 11 is 0. The fourth-order valence-corrected chi connectivity index (χ4v) is 6.00. The summed E-state index contributed by atoms with van der Waals surface area (Å²) in [7, 11) is 0. The van der Waals surface area contributed by atoms with Crippen LogP contribution in [0.2, 0.25) is 0 Å². The minimum atomic E-state index is -0.00229. The highest BCUT2D eigenvalue weighted by Gasteiger charge is 2.14. The number of fused-ring (bicyclic) bond motifs is 6. The molecular formula is C36H26N8. The van der Waals surface area contributed by atoms with Crippen LogP contribution >= 0.6 is 0 Å². The van der Waals surface area contributed by atoms with Gasteiger partial charge in [0.2, 0.25) is 0 Å². The van der Waals surface area contributed by atoms with E-state index in [1.54, 1.807) is 12.4 Å². The molecule has 0 aliphatic rings. The van der Waals surface area contributed by atoms with E-state index in [9.17, 15) is 10.5 Å². The van der Waals surface area contributed by atoms with Gasteiger partial charge in [-0.15, -0.1) is 0 Å². The Morgan fingerprint density at radius 3 is 1.41 bits per heavy atom. The lowest BCUT2D eigenvalue weighted by molar-refractivity contribution is 0.827. The van der Waals surface area contributed by atoms with Gasteiger partial charge in [0.1, 0.15) is 12.1 Å². The average molecular weight is 571 g/mol.